The predicted octanol–water partition coefficient (Wildman–Crippen LogP) is 1.39. The molecule has 2 aromatic rings. The fraction of sp³-hybridized carbons (Fsp3) is 0.231. The molecule has 2 rings (SSSR count). The topological polar surface area (TPSA) is 86.6 Å². The van der Waals surface area contributed by atoms with E-state index >= 15 is 0 Å². The van der Waals surface area contributed by atoms with E-state index in [1.165, 1.54) is 11.3 Å². The van der Waals surface area contributed by atoms with Gasteiger partial charge in [0, 0.05) is 4.70 Å². The molecule has 0 saturated carbocycles. The van der Waals surface area contributed by atoms with E-state index in [0.29, 0.717) is 4.88 Å². The third-order valence-electron chi connectivity index (χ3n) is 2.84. The van der Waals surface area contributed by atoms with Crippen molar-refractivity contribution in [2.45, 2.75) is 13.0 Å². The smallest absolute Gasteiger partial charge is 0.328 e. The number of carboxylic acids is 1. The maximum absolute atomic E-state index is 12.0. The first-order chi connectivity index (χ1) is 9.04. The molecule has 0 unspecified atom stereocenters. The first-order valence-electron chi connectivity index (χ1n) is 5.67. The molecule has 3 N–H and O–H groups in total. The highest BCUT2D eigenvalue weighted by Crippen LogP contribution is 2.30. The lowest BCUT2D eigenvalue weighted by Gasteiger charge is -2.10. The van der Waals surface area contributed by atoms with Crippen molar-refractivity contribution >= 4 is 33.3 Å². The number of carbonyl (C=O) groups is 2. The second-order valence-corrected chi connectivity index (χ2v) is 5.15. The molecule has 0 aliphatic carbocycles. The Balaban J connectivity index is 2.31. The van der Waals surface area contributed by atoms with Crippen LogP contribution in [0.25, 0.3) is 10.1 Å². The molecular formula is C13H13NO4S. The summed E-state index contributed by atoms with van der Waals surface area (Å²) in [6, 6.07) is 6.31. The number of aryl methyl sites for hydroxylation is 1. The number of fused-ring (bicyclic) bond motifs is 1. The number of carboxylic acid groups (broad SMARTS) is 1. The van der Waals surface area contributed by atoms with Gasteiger partial charge < -0.3 is 15.5 Å². The summed E-state index contributed by atoms with van der Waals surface area (Å²) in [7, 11) is 0. The monoisotopic (exact) mass is 279 g/mol. The van der Waals surface area contributed by atoms with E-state index in [9.17, 15) is 9.59 Å². The summed E-state index contributed by atoms with van der Waals surface area (Å²) in [5, 5.41) is 21.0. The minimum absolute atomic E-state index is 0.472. The summed E-state index contributed by atoms with van der Waals surface area (Å²) in [6.45, 7) is 1.19. The average Bonchev–Trinajstić information content (AvgIpc) is 2.73. The number of hydrogen-bond donors (Lipinski definition) is 3. The van der Waals surface area contributed by atoms with E-state index in [0.717, 1.165) is 15.6 Å². The van der Waals surface area contributed by atoms with Crippen LogP contribution >= 0.6 is 11.3 Å². The Morgan fingerprint density at radius 3 is 2.63 bits per heavy atom. The lowest BCUT2D eigenvalue weighted by Crippen LogP contribution is -2.43. The third-order valence-corrected chi connectivity index (χ3v) is 4.11. The summed E-state index contributed by atoms with van der Waals surface area (Å²) >= 11 is 1.31. The second-order valence-electron chi connectivity index (χ2n) is 4.10. The van der Waals surface area contributed by atoms with Crippen molar-refractivity contribution < 1.29 is 19.8 Å². The van der Waals surface area contributed by atoms with Gasteiger partial charge in [0.15, 0.2) is 6.04 Å². The molecule has 1 heterocycles. The van der Waals surface area contributed by atoms with E-state index in [1.807, 2.05) is 31.2 Å². The minimum Gasteiger partial charge on any atom is -0.480 e. The van der Waals surface area contributed by atoms with Gasteiger partial charge >= 0.3 is 5.97 Å². The molecule has 0 aliphatic heterocycles. The van der Waals surface area contributed by atoms with E-state index < -0.39 is 24.5 Å². The highest BCUT2D eigenvalue weighted by molar-refractivity contribution is 7.21. The number of aliphatic hydroxyl groups excluding tert-OH is 1. The van der Waals surface area contributed by atoms with Crippen LogP contribution in [0.3, 0.4) is 0 Å². The Bertz CT molecular complexity index is 635. The van der Waals surface area contributed by atoms with E-state index in [4.69, 9.17) is 10.2 Å². The maximum Gasteiger partial charge on any atom is 0.328 e. The normalized spacial score (nSPS) is 12.3. The van der Waals surface area contributed by atoms with Gasteiger partial charge in [-0.1, -0.05) is 18.2 Å². The van der Waals surface area contributed by atoms with Crippen LogP contribution in [0.1, 0.15) is 15.2 Å². The number of aliphatic carboxylic acids is 1. The number of benzene rings is 1. The van der Waals surface area contributed by atoms with Gasteiger partial charge in [0.1, 0.15) is 0 Å². The number of nitrogens with one attached hydrogen (secondary N) is 1. The van der Waals surface area contributed by atoms with Crippen molar-refractivity contribution in [3.8, 4) is 0 Å². The van der Waals surface area contributed by atoms with Crippen LogP contribution in [0.5, 0.6) is 0 Å². The lowest BCUT2D eigenvalue weighted by molar-refractivity contribution is -0.140. The van der Waals surface area contributed by atoms with E-state index in [2.05, 4.69) is 5.32 Å². The third kappa shape index (κ3) is 2.59. The molecule has 1 aromatic heterocycles. The summed E-state index contributed by atoms with van der Waals surface area (Å²) in [4.78, 5) is 23.3. The van der Waals surface area contributed by atoms with Crippen molar-refractivity contribution in [2.24, 2.45) is 0 Å². The Kier molecular flexibility index (Phi) is 3.82. The van der Waals surface area contributed by atoms with Crippen LogP contribution in [0.2, 0.25) is 0 Å². The molecule has 0 saturated heterocycles. The van der Waals surface area contributed by atoms with Gasteiger partial charge in [0.25, 0.3) is 5.91 Å². The molecule has 6 heteroatoms. The van der Waals surface area contributed by atoms with Gasteiger partial charge in [-0.2, -0.15) is 0 Å². The highest BCUT2D eigenvalue weighted by atomic mass is 32.1. The highest BCUT2D eigenvalue weighted by Gasteiger charge is 2.22. The number of aliphatic hydroxyl groups is 1. The van der Waals surface area contributed by atoms with Crippen molar-refractivity contribution in [1.29, 1.82) is 0 Å². The molecule has 0 aliphatic rings. The van der Waals surface area contributed by atoms with Gasteiger partial charge in [-0.15, -0.1) is 11.3 Å². The summed E-state index contributed by atoms with van der Waals surface area (Å²) < 4.78 is 0.973. The quantitative estimate of drug-likeness (QED) is 0.789. The van der Waals surface area contributed by atoms with Crippen LogP contribution < -0.4 is 5.32 Å². The Morgan fingerprint density at radius 2 is 2.05 bits per heavy atom. The standard InChI is InChI=1S/C13H13NO4S/c1-7-8-4-2-3-5-10(8)19-11(7)12(16)14-9(6-15)13(17)18/h2-5,9,15H,6H2,1H3,(H,14,16)(H,17,18)/t9-/m0/s1. The van der Waals surface area contributed by atoms with E-state index in [1.54, 1.807) is 0 Å². The lowest BCUT2D eigenvalue weighted by atomic mass is 10.1. The van der Waals surface area contributed by atoms with Crippen molar-refractivity contribution in [2.75, 3.05) is 6.61 Å². The van der Waals surface area contributed by atoms with Crippen LogP contribution in [0, 0.1) is 6.92 Å². The molecule has 19 heavy (non-hydrogen) atoms. The zero-order valence-electron chi connectivity index (χ0n) is 10.2. The van der Waals surface area contributed by atoms with Crippen molar-refractivity contribution in [3.63, 3.8) is 0 Å². The summed E-state index contributed by atoms with van der Waals surface area (Å²) in [6.07, 6.45) is 0. The largest absolute Gasteiger partial charge is 0.480 e. The molecule has 0 bridgehead atoms. The van der Waals surface area contributed by atoms with Gasteiger partial charge in [0.2, 0.25) is 0 Å². The average molecular weight is 279 g/mol. The Labute approximate surface area is 113 Å². The molecule has 0 radical (unpaired) electrons. The Hall–Kier alpha value is -1.92. The molecule has 0 spiro atoms. The van der Waals surface area contributed by atoms with Gasteiger partial charge in [-0.05, 0) is 23.9 Å². The first-order valence-corrected chi connectivity index (χ1v) is 6.49. The van der Waals surface area contributed by atoms with Gasteiger partial charge in [0.05, 0.1) is 11.5 Å². The maximum atomic E-state index is 12.0. The van der Waals surface area contributed by atoms with Crippen molar-refractivity contribution in [3.05, 3.63) is 34.7 Å². The fourth-order valence-electron chi connectivity index (χ4n) is 1.80. The number of hydrogen-bond acceptors (Lipinski definition) is 4. The van der Waals surface area contributed by atoms with Gasteiger partial charge in [-0.25, -0.2) is 4.79 Å². The van der Waals surface area contributed by atoms with Crippen molar-refractivity contribution in [1.82, 2.24) is 5.32 Å². The molecule has 0 fully saturated rings. The molecule has 1 aromatic carbocycles. The number of rotatable bonds is 4. The van der Waals surface area contributed by atoms with Crippen LogP contribution in [-0.4, -0.2) is 34.7 Å². The zero-order chi connectivity index (χ0) is 14.0. The van der Waals surface area contributed by atoms with E-state index in [-0.39, 0.29) is 0 Å². The SMILES string of the molecule is Cc1c(C(=O)N[C@@H](CO)C(=O)O)sc2ccccc12. The van der Waals surface area contributed by atoms with Crippen LogP contribution in [-0.2, 0) is 4.79 Å². The molecular weight excluding hydrogens is 266 g/mol. The first kappa shape index (κ1) is 13.5. The number of amides is 1. The summed E-state index contributed by atoms with van der Waals surface area (Å²) in [5.74, 6) is -1.73. The van der Waals surface area contributed by atoms with Crippen LogP contribution in [0.15, 0.2) is 24.3 Å². The zero-order valence-corrected chi connectivity index (χ0v) is 11.0. The fourth-order valence-corrected chi connectivity index (χ4v) is 2.91. The Morgan fingerprint density at radius 1 is 1.37 bits per heavy atom. The number of carbonyl (C=O) groups excluding carboxylic acids is 1. The molecule has 5 nitrogen and oxygen atoms in total. The second kappa shape index (κ2) is 5.38. The molecule has 1 atom stereocenters. The summed E-state index contributed by atoms with van der Waals surface area (Å²) in [5.41, 5.74) is 0.820. The number of thiophene rings is 1. The van der Waals surface area contributed by atoms with Crippen LogP contribution in [0.4, 0.5) is 0 Å². The predicted molar refractivity (Wildman–Crippen MR) is 72.5 cm³/mol. The molecule has 100 valence electrons. The minimum atomic E-state index is -1.28. The van der Waals surface area contributed by atoms with Gasteiger partial charge in [-0.3, -0.25) is 4.79 Å². The molecule has 1 amide bonds.